The Kier molecular flexibility index (Phi) is 2.55. The fourth-order valence-electron chi connectivity index (χ4n) is 1.81. The molecule has 0 bridgehead atoms. The molecule has 0 spiro atoms. The lowest BCUT2D eigenvalue weighted by molar-refractivity contribution is 0.290. The van der Waals surface area contributed by atoms with Crippen molar-refractivity contribution in [2.45, 2.75) is 33.7 Å². The molecule has 2 rings (SSSR count). The fourth-order valence-corrected chi connectivity index (χ4v) is 1.81. The fraction of sp³-hybridized carbons (Fsp3) is 0.429. The molecule has 0 radical (unpaired) electrons. The molecule has 0 aliphatic heterocycles. The van der Waals surface area contributed by atoms with Crippen LogP contribution in [0.25, 0.3) is 11.0 Å². The number of benzene rings is 1. The van der Waals surface area contributed by atoms with Gasteiger partial charge in [0.15, 0.2) is 0 Å². The van der Waals surface area contributed by atoms with Gasteiger partial charge in [-0.15, -0.1) is 0 Å². The van der Waals surface area contributed by atoms with Gasteiger partial charge in [-0.3, -0.25) is 0 Å². The Balaban J connectivity index is 2.52. The summed E-state index contributed by atoms with van der Waals surface area (Å²) in [6, 6.07) is 8.14. The lowest BCUT2D eigenvalue weighted by Crippen LogP contribution is -2.25. The number of rotatable bonds is 1. The first-order chi connectivity index (χ1) is 7.39. The first kappa shape index (κ1) is 11.2. The Morgan fingerprint density at radius 3 is 2.50 bits per heavy atom. The molecule has 1 heterocycles. The van der Waals surface area contributed by atoms with Crippen LogP contribution in [0.4, 0.5) is 0 Å². The van der Waals surface area contributed by atoms with Gasteiger partial charge < -0.3 is 10.2 Å². The maximum Gasteiger partial charge on any atom is 0.137 e. The van der Waals surface area contributed by atoms with Crippen molar-refractivity contribution in [3.05, 3.63) is 35.6 Å². The number of hydrogen-bond acceptors (Lipinski definition) is 2. The number of furan rings is 1. The molecule has 1 atom stereocenters. The first-order valence-electron chi connectivity index (χ1n) is 5.64. The molecule has 2 N–H and O–H groups in total. The average molecular weight is 217 g/mol. The number of hydrogen-bond donors (Lipinski definition) is 1. The van der Waals surface area contributed by atoms with Crippen LogP contribution in [0, 0.1) is 12.3 Å². The molecule has 2 aromatic rings. The highest BCUT2D eigenvalue weighted by atomic mass is 16.3. The minimum atomic E-state index is -0.0701. The second kappa shape index (κ2) is 3.63. The summed E-state index contributed by atoms with van der Waals surface area (Å²) in [5, 5.41) is 1.13. The van der Waals surface area contributed by atoms with Gasteiger partial charge in [0.05, 0.1) is 6.04 Å². The van der Waals surface area contributed by atoms with Crippen LogP contribution in [0.1, 0.15) is 38.1 Å². The summed E-state index contributed by atoms with van der Waals surface area (Å²) >= 11 is 0. The second-order valence-electron chi connectivity index (χ2n) is 5.49. The molecule has 1 aromatic heterocycles. The van der Waals surface area contributed by atoms with Crippen LogP contribution in [-0.2, 0) is 0 Å². The molecule has 16 heavy (non-hydrogen) atoms. The predicted molar refractivity (Wildman–Crippen MR) is 67.3 cm³/mol. The molecular formula is C14H19NO. The summed E-state index contributed by atoms with van der Waals surface area (Å²) in [7, 11) is 0. The van der Waals surface area contributed by atoms with Gasteiger partial charge in [-0.25, -0.2) is 0 Å². The number of para-hydroxylation sites is 1. The van der Waals surface area contributed by atoms with E-state index in [4.69, 9.17) is 10.2 Å². The summed E-state index contributed by atoms with van der Waals surface area (Å²) in [6.07, 6.45) is 0. The molecule has 2 nitrogen and oxygen atoms in total. The van der Waals surface area contributed by atoms with Gasteiger partial charge in [-0.1, -0.05) is 39.0 Å². The van der Waals surface area contributed by atoms with E-state index >= 15 is 0 Å². The molecule has 0 fully saturated rings. The van der Waals surface area contributed by atoms with Crippen molar-refractivity contribution in [3.63, 3.8) is 0 Å². The van der Waals surface area contributed by atoms with E-state index in [-0.39, 0.29) is 11.5 Å². The van der Waals surface area contributed by atoms with Crippen molar-refractivity contribution >= 4 is 11.0 Å². The summed E-state index contributed by atoms with van der Waals surface area (Å²) < 4.78 is 5.86. The lowest BCUT2D eigenvalue weighted by atomic mass is 9.86. The summed E-state index contributed by atoms with van der Waals surface area (Å²) in [5.74, 6) is 0.872. The van der Waals surface area contributed by atoms with Crippen LogP contribution >= 0.6 is 0 Å². The zero-order chi connectivity index (χ0) is 11.9. The molecular weight excluding hydrogens is 198 g/mol. The number of fused-ring (bicyclic) bond motifs is 1. The minimum Gasteiger partial charge on any atom is -0.459 e. The minimum absolute atomic E-state index is 0.0157. The van der Waals surface area contributed by atoms with E-state index in [9.17, 15) is 0 Å². The summed E-state index contributed by atoms with van der Waals surface area (Å²) in [5.41, 5.74) is 8.32. The van der Waals surface area contributed by atoms with Crippen molar-refractivity contribution in [2.24, 2.45) is 11.1 Å². The van der Waals surface area contributed by atoms with Gasteiger partial charge in [0, 0.05) is 5.39 Å². The highest BCUT2D eigenvalue weighted by Gasteiger charge is 2.25. The third kappa shape index (κ3) is 1.85. The lowest BCUT2D eigenvalue weighted by Gasteiger charge is -2.24. The van der Waals surface area contributed by atoms with Crippen molar-refractivity contribution in [3.8, 4) is 0 Å². The number of nitrogens with two attached hydrogens (primary N) is 1. The van der Waals surface area contributed by atoms with E-state index in [1.807, 2.05) is 6.07 Å². The van der Waals surface area contributed by atoms with E-state index in [0.717, 1.165) is 22.3 Å². The molecule has 1 unspecified atom stereocenters. The molecule has 0 aliphatic rings. The van der Waals surface area contributed by atoms with Gasteiger partial charge in [-0.2, -0.15) is 0 Å². The third-order valence-electron chi connectivity index (χ3n) is 3.00. The van der Waals surface area contributed by atoms with Crippen molar-refractivity contribution in [1.29, 1.82) is 0 Å². The van der Waals surface area contributed by atoms with Crippen LogP contribution in [0.2, 0.25) is 0 Å². The normalized spacial score (nSPS) is 14.3. The molecule has 86 valence electrons. The molecule has 0 saturated carbocycles. The zero-order valence-corrected chi connectivity index (χ0v) is 10.4. The van der Waals surface area contributed by atoms with Gasteiger partial charge in [0.25, 0.3) is 0 Å². The molecule has 0 aliphatic carbocycles. The zero-order valence-electron chi connectivity index (χ0n) is 10.4. The quantitative estimate of drug-likeness (QED) is 0.789. The Labute approximate surface area is 96.4 Å². The standard InChI is InChI=1S/C14H19NO/c1-9-6-5-7-10-8-11(16-12(9)10)13(15)14(2,3)4/h5-8,13H,15H2,1-4H3. The van der Waals surface area contributed by atoms with E-state index in [2.05, 4.69) is 45.9 Å². The van der Waals surface area contributed by atoms with Crippen molar-refractivity contribution in [1.82, 2.24) is 0 Å². The second-order valence-corrected chi connectivity index (χ2v) is 5.49. The largest absolute Gasteiger partial charge is 0.459 e. The van der Waals surface area contributed by atoms with Crippen LogP contribution in [0.5, 0.6) is 0 Å². The molecule has 0 saturated heterocycles. The third-order valence-corrected chi connectivity index (χ3v) is 3.00. The van der Waals surface area contributed by atoms with Crippen LogP contribution < -0.4 is 5.73 Å². The maximum atomic E-state index is 6.19. The van der Waals surface area contributed by atoms with Gasteiger partial charge in [0.1, 0.15) is 11.3 Å². The monoisotopic (exact) mass is 217 g/mol. The van der Waals surface area contributed by atoms with Gasteiger partial charge >= 0.3 is 0 Å². The Morgan fingerprint density at radius 1 is 1.25 bits per heavy atom. The highest BCUT2D eigenvalue weighted by molar-refractivity contribution is 5.81. The van der Waals surface area contributed by atoms with Crippen molar-refractivity contribution < 1.29 is 4.42 Å². The highest BCUT2D eigenvalue weighted by Crippen LogP contribution is 2.34. The maximum absolute atomic E-state index is 6.19. The molecule has 2 heteroatoms. The van der Waals surface area contributed by atoms with E-state index in [0.29, 0.717) is 0 Å². The molecule has 0 amide bonds. The summed E-state index contributed by atoms with van der Waals surface area (Å²) in [4.78, 5) is 0. The topological polar surface area (TPSA) is 39.2 Å². The average Bonchev–Trinajstić information content (AvgIpc) is 2.60. The number of aryl methyl sites for hydroxylation is 1. The van der Waals surface area contributed by atoms with Crippen molar-refractivity contribution in [2.75, 3.05) is 0 Å². The van der Waals surface area contributed by atoms with E-state index in [1.165, 1.54) is 0 Å². The van der Waals surface area contributed by atoms with Crippen LogP contribution in [0.3, 0.4) is 0 Å². The Bertz CT molecular complexity index is 505. The Hall–Kier alpha value is -1.28. The SMILES string of the molecule is Cc1cccc2cc(C(N)C(C)(C)C)oc12. The van der Waals surface area contributed by atoms with E-state index in [1.54, 1.807) is 0 Å². The predicted octanol–water partition coefficient (Wildman–Crippen LogP) is 3.79. The van der Waals surface area contributed by atoms with Gasteiger partial charge in [0.2, 0.25) is 0 Å². The first-order valence-corrected chi connectivity index (χ1v) is 5.64. The van der Waals surface area contributed by atoms with Gasteiger partial charge in [-0.05, 0) is 24.0 Å². The Morgan fingerprint density at radius 2 is 1.94 bits per heavy atom. The molecule has 1 aromatic carbocycles. The smallest absolute Gasteiger partial charge is 0.137 e. The van der Waals surface area contributed by atoms with Crippen LogP contribution in [0.15, 0.2) is 28.7 Å². The van der Waals surface area contributed by atoms with E-state index < -0.39 is 0 Å². The van der Waals surface area contributed by atoms with Crippen LogP contribution in [-0.4, -0.2) is 0 Å². The summed E-state index contributed by atoms with van der Waals surface area (Å²) in [6.45, 7) is 8.42.